The highest BCUT2D eigenvalue weighted by Crippen LogP contribution is 2.39. The van der Waals surface area contributed by atoms with Crippen molar-refractivity contribution in [2.75, 3.05) is 6.54 Å². The fourth-order valence-corrected chi connectivity index (χ4v) is 2.54. The summed E-state index contributed by atoms with van der Waals surface area (Å²) in [7, 11) is 0. The molecule has 1 heterocycles. The summed E-state index contributed by atoms with van der Waals surface area (Å²) in [5.74, 6) is 0.954. The predicted octanol–water partition coefficient (Wildman–Crippen LogP) is 3.27. The van der Waals surface area contributed by atoms with Crippen LogP contribution in [0.2, 0.25) is 5.02 Å². The van der Waals surface area contributed by atoms with Crippen molar-refractivity contribution in [3.8, 4) is 16.9 Å². The molecule has 0 saturated heterocycles. The third-order valence-electron chi connectivity index (χ3n) is 3.23. The van der Waals surface area contributed by atoms with Gasteiger partial charge in [-0.3, -0.25) is 0 Å². The molecular formula is C15H14ClNO. The average Bonchev–Trinajstić information content (AvgIpc) is 2.81. The fraction of sp³-hybridized carbons (Fsp3) is 0.200. The maximum Gasteiger partial charge on any atom is 0.130 e. The van der Waals surface area contributed by atoms with E-state index in [1.807, 2.05) is 24.3 Å². The van der Waals surface area contributed by atoms with Gasteiger partial charge in [-0.1, -0.05) is 41.9 Å². The summed E-state index contributed by atoms with van der Waals surface area (Å²) in [6.07, 6.45) is 0.987. The van der Waals surface area contributed by atoms with E-state index >= 15 is 0 Å². The molecule has 2 aromatic carbocycles. The minimum atomic E-state index is 0.0975. The van der Waals surface area contributed by atoms with Crippen LogP contribution in [-0.2, 0) is 6.42 Å². The monoisotopic (exact) mass is 259 g/mol. The molecule has 0 saturated carbocycles. The summed E-state index contributed by atoms with van der Waals surface area (Å²) >= 11 is 6.04. The summed E-state index contributed by atoms with van der Waals surface area (Å²) in [5.41, 5.74) is 9.07. The number of fused-ring (bicyclic) bond motifs is 1. The smallest absolute Gasteiger partial charge is 0.130 e. The molecule has 0 radical (unpaired) electrons. The summed E-state index contributed by atoms with van der Waals surface area (Å²) < 4.78 is 5.91. The molecule has 0 spiro atoms. The van der Waals surface area contributed by atoms with Crippen molar-refractivity contribution in [2.45, 2.75) is 12.5 Å². The lowest BCUT2D eigenvalue weighted by Crippen LogP contribution is -2.24. The average molecular weight is 260 g/mol. The van der Waals surface area contributed by atoms with E-state index in [1.165, 1.54) is 5.56 Å². The Morgan fingerprint density at radius 3 is 2.83 bits per heavy atom. The van der Waals surface area contributed by atoms with E-state index in [1.54, 1.807) is 0 Å². The number of hydrogen-bond donors (Lipinski definition) is 1. The predicted molar refractivity (Wildman–Crippen MR) is 74.1 cm³/mol. The van der Waals surface area contributed by atoms with Gasteiger partial charge in [-0.05, 0) is 23.3 Å². The fourth-order valence-electron chi connectivity index (χ4n) is 2.35. The first-order valence-electron chi connectivity index (χ1n) is 6.02. The number of halogens is 1. The number of para-hydroxylation sites is 1. The Kier molecular flexibility index (Phi) is 2.98. The molecule has 1 aliphatic heterocycles. The second kappa shape index (κ2) is 4.63. The van der Waals surface area contributed by atoms with Gasteiger partial charge in [-0.25, -0.2) is 0 Å². The maximum atomic E-state index is 6.04. The number of ether oxygens (including phenoxy) is 1. The van der Waals surface area contributed by atoms with Crippen LogP contribution in [0.5, 0.6) is 5.75 Å². The molecule has 0 bridgehead atoms. The molecule has 3 rings (SSSR count). The Balaban J connectivity index is 2.08. The maximum absolute atomic E-state index is 6.04. The largest absolute Gasteiger partial charge is 0.488 e. The van der Waals surface area contributed by atoms with Gasteiger partial charge in [-0.2, -0.15) is 0 Å². The molecule has 2 nitrogen and oxygen atoms in total. The van der Waals surface area contributed by atoms with E-state index in [0.29, 0.717) is 6.54 Å². The summed E-state index contributed by atoms with van der Waals surface area (Å²) in [6.45, 7) is 0.545. The van der Waals surface area contributed by atoms with Crippen LogP contribution in [-0.4, -0.2) is 12.6 Å². The summed E-state index contributed by atoms with van der Waals surface area (Å²) in [5, 5.41) is 0.735. The van der Waals surface area contributed by atoms with Gasteiger partial charge in [0.2, 0.25) is 0 Å². The van der Waals surface area contributed by atoms with Crippen LogP contribution in [0, 0.1) is 0 Å². The van der Waals surface area contributed by atoms with Crippen LogP contribution in [0.4, 0.5) is 0 Å². The SMILES string of the molecule is NCC1Cc2cccc(-c3cccc(Cl)c3)c2O1. The van der Waals surface area contributed by atoms with E-state index in [9.17, 15) is 0 Å². The van der Waals surface area contributed by atoms with Gasteiger partial charge in [0.25, 0.3) is 0 Å². The van der Waals surface area contributed by atoms with Gasteiger partial charge in [0.05, 0.1) is 0 Å². The van der Waals surface area contributed by atoms with Crippen molar-refractivity contribution in [3.63, 3.8) is 0 Å². The Hall–Kier alpha value is -1.51. The third-order valence-corrected chi connectivity index (χ3v) is 3.46. The van der Waals surface area contributed by atoms with E-state index in [2.05, 4.69) is 18.2 Å². The molecule has 1 atom stereocenters. The minimum absolute atomic E-state index is 0.0975. The highest BCUT2D eigenvalue weighted by molar-refractivity contribution is 6.30. The lowest BCUT2D eigenvalue weighted by Gasteiger charge is -2.11. The van der Waals surface area contributed by atoms with Crippen LogP contribution in [0.3, 0.4) is 0 Å². The van der Waals surface area contributed by atoms with E-state index in [0.717, 1.165) is 28.3 Å². The Morgan fingerprint density at radius 1 is 1.22 bits per heavy atom. The van der Waals surface area contributed by atoms with Crippen LogP contribution in [0.1, 0.15) is 5.56 Å². The molecule has 3 heteroatoms. The van der Waals surface area contributed by atoms with Gasteiger partial charge in [0, 0.05) is 23.6 Å². The van der Waals surface area contributed by atoms with Gasteiger partial charge in [0.1, 0.15) is 11.9 Å². The van der Waals surface area contributed by atoms with Gasteiger partial charge in [0.15, 0.2) is 0 Å². The highest BCUT2D eigenvalue weighted by Gasteiger charge is 2.24. The second-order valence-electron chi connectivity index (χ2n) is 4.48. The lowest BCUT2D eigenvalue weighted by atomic mass is 10.0. The van der Waals surface area contributed by atoms with E-state index < -0.39 is 0 Å². The van der Waals surface area contributed by atoms with Crippen LogP contribution in [0.15, 0.2) is 42.5 Å². The van der Waals surface area contributed by atoms with Crippen molar-refractivity contribution in [3.05, 3.63) is 53.1 Å². The number of hydrogen-bond acceptors (Lipinski definition) is 2. The van der Waals surface area contributed by atoms with Crippen molar-refractivity contribution < 1.29 is 4.74 Å². The topological polar surface area (TPSA) is 35.2 Å². The molecule has 0 amide bonds. The first-order valence-corrected chi connectivity index (χ1v) is 6.40. The highest BCUT2D eigenvalue weighted by atomic mass is 35.5. The van der Waals surface area contributed by atoms with Crippen LogP contribution >= 0.6 is 11.6 Å². The summed E-state index contributed by atoms with van der Waals surface area (Å²) in [4.78, 5) is 0. The molecule has 0 aliphatic carbocycles. The van der Waals surface area contributed by atoms with Crippen molar-refractivity contribution in [2.24, 2.45) is 5.73 Å². The molecule has 2 N–H and O–H groups in total. The van der Waals surface area contributed by atoms with Crippen LogP contribution < -0.4 is 10.5 Å². The van der Waals surface area contributed by atoms with Gasteiger partial charge in [-0.15, -0.1) is 0 Å². The quantitative estimate of drug-likeness (QED) is 0.898. The lowest BCUT2D eigenvalue weighted by molar-refractivity contribution is 0.242. The first kappa shape index (κ1) is 11.6. The molecule has 2 aromatic rings. The third kappa shape index (κ3) is 1.98. The normalized spacial score (nSPS) is 17.3. The van der Waals surface area contributed by atoms with Gasteiger partial charge < -0.3 is 10.5 Å². The first-order chi connectivity index (χ1) is 8.78. The minimum Gasteiger partial charge on any atom is -0.488 e. The number of benzene rings is 2. The molecular weight excluding hydrogens is 246 g/mol. The molecule has 92 valence electrons. The Morgan fingerprint density at radius 2 is 2.06 bits per heavy atom. The second-order valence-corrected chi connectivity index (χ2v) is 4.92. The standard InChI is InChI=1S/C15H14ClNO/c16-12-5-1-3-10(7-12)14-6-2-4-11-8-13(9-17)18-15(11)14/h1-7,13H,8-9,17H2. The van der Waals surface area contributed by atoms with E-state index in [4.69, 9.17) is 22.1 Å². The molecule has 1 unspecified atom stereocenters. The molecule has 0 fully saturated rings. The molecule has 0 aromatic heterocycles. The zero-order chi connectivity index (χ0) is 12.5. The van der Waals surface area contributed by atoms with Crippen molar-refractivity contribution >= 4 is 11.6 Å². The van der Waals surface area contributed by atoms with Crippen molar-refractivity contribution in [1.29, 1.82) is 0 Å². The Bertz CT molecular complexity index is 582. The number of nitrogens with two attached hydrogens (primary N) is 1. The van der Waals surface area contributed by atoms with Crippen LogP contribution in [0.25, 0.3) is 11.1 Å². The molecule has 1 aliphatic rings. The van der Waals surface area contributed by atoms with E-state index in [-0.39, 0.29) is 6.10 Å². The van der Waals surface area contributed by atoms with Crippen molar-refractivity contribution in [1.82, 2.24) is 0 Å². The number of rotatable bonds is 2. The van der Waals surface area contributed by atoms with Gasteiger partial charge >= 0.3 is 0 Å². The zero-order valence-corrected chi connectivity index (χ0v) is 10.7. The Labute approximate surface area is 111 Å². The summed E-state index contributed by atoms with van der Waals surface area (Å²) in [6, 6.07) is 14.0. The zero-order valence-electron chi connectivity index (χ0n) is 9.90. The molecule has 18 heavy (non-hydrogen) atoms.